The molecule has 0 saturated carbocycles. The second-order valence-electron chi connectivity index (χ2n) is 5.27. The van der Waals surface area contributed by atoms with Crippen LogP contribution in [-0.4, -0.2) is 26.8 Å². The van der Waals surface area contributed by atoms with Crippen molar-refractivity contribution in [1.82, 2.24) is 14.9 Å². The number of nitrogens with two attached hydrogens (primary N) is 1. The van der Waals surface area contributed by atoms with Crippen molar-refractivity contribution in [3.8, 4) is 0 Å². The van der Waals surface area contributed by atoms with Crippen LogP contribution in [0.4, 0.5) is 5.69 Å². The van der Waals surface area contributed by atoms with Crippen LogP contribution in [-0.2, 0) is 6.54 Å². The lowest BCUT2D eigenvalue weighted by Gasteiger charge is -2.27. The van der Waals surface area contributed by atoms with Gasteiger partial charge >= 0.3 is 0 Å². The van der Waals surface area contributed by atoms with Crippen molar-refractivity contribution in [3.63, 3.8) is 0 Å². The summed E-state index contributed by atoms with van der Waals surface area (Å²) in [5.41, 5.74) is 8.72. The highest BCUT2D eigenvalue weighted by Crippen LogP contribution is 2.17. The van der Waals surface area contributed by atoms with Crippen LogP contribution >= 0.6 is 0 Å². The summed E-state index contributed by atoms with van der Waals surface area (Å²) in [6.07, 6.45) is 3.12. The van der Waals surface area contributed by atoms with E-state index in [9.17, 15) is 4.79 Å². The normalized spacial score (nSPS) is 10.7. The summed E-state index contributed by atoms with van der Waals surface area (Å²) >= 11 is 0. The average molecular weight is 284 g/mol. The van der Waals surface area contributed by atoms with Crippen LogP contribution in [0.25, 0.3) is 0 Å². The summed E-state index contributed by atoms with van der Waals surface area (Å²) < 4.78 is 0. The number of carbonyl (C=O) groups excluding carboxylic acids is 1. The van der Waals surface area contributed by atoms with E-state index >= 15 is 0 Å². The Hall–Kier alpha value is -2.43. The number of amides is 1. The van der Waals surface area contributed by atoms with Gasteiger partial charge in [0.1, 0.15) is 5.69 Å². The molecule has 0 aliphatic carbocycles. The molecule has 1 aromatic carbocycles. The number of hydrogen-bond acceptors (Lipinski definition) is 4. The molecule has 0 saturated heterocycles. The molecule has 0 aliphatic heterocycles. The first-order valence-corrected chi connectivity index (χ1v) is 6.92. The maximum atomic E-state index is 12.6. The summed E-state index contributed by atoms with van der Waals surface area (Å²) in [4.78, 5) is 22.6. The first-order valence-electron chi connectivity index (χ1n) is 6.92. The van der Waals surface area contributed by atoms with E-state index in [2.05, 4.69) is 9.97 Å². The zero-order chi connectivity index (χ0) is 15.4. The molecule has 0 unspecified atom stereocenters. The Morgan fingerprint density at radius 2 is 1.95 bits per heavy atom. The molecule has 0 aliphatic rings. The number of anilines is 1. The van der Waals surface area contributed by atoms with E-state index in [1.807, 2.05) is 45.0 Å². The van der Waals surface area contributed by atoms with Gasteiger partial charge in [-0.05, 0) is 32.4 Å². The minimum Gasteiger partial charge on any atom is -0.398 e. The fourth-order valence-corrected chi connectivity index (χ4v) is 2.00. The fourth-order valence-electron chi connectivity index (χ4n) is 2.00. The first kappa shape index (κ1) is 15.0. The second-order valence-corrected chi connectivity index (χ2v) is 5.27. The Morgan fingerprint density at radius 3 is 2.52 bits per heavy atom. The number of carbonyl (C=O) groups is 1. The molecule has 1 amide bonds. The van der Waals surface area contributed by atoms with Crippen molar-refractivity contribution in [2.45, 2.75) is 33.4 Å². The molecule has 21 heavy (non-hydrogen) atoms. The van der Waals surface area contributed by atoms with Gasteiger partial charge in [-0.15, -0.1) is 0 Å². The van der Waals surface area contributed by atoms with E-state index < -0.39 is 0 Å². The van der Waals surface area contributed by atoms with Gasteiger partial charge in [0.25, 0.3) is 5.91 Å². The van der Waals surface area contributed by atoms with Crippen molar-refractivity contribution < 1.29 is 4.79 Å². The molecule has 0 bridgehead atoms. The van der Waals surface area contributed by atoms with Crippen molar-refractivity contribution in [2.24, 2.45) is 0 Å². The third-order valence-electron chi connectivity index (χ3n) is 3.28. The number of aryl methyl sites for hydroxylation is 1. The highest BCUT2D eigenvalue weighted by molar-refractivity contribution is 5.92. The van der Waals surface area contributed by atoms with E-state index in [1.54, 1.807) is 11.1 Å². The van der Waals surface area contributed by atoms with E-state index in [0.29, 0.717) is 17.9 Å². The minimum absolute atomic E-state index is 0.0419. The number of rotatable bonds is 4. The molecule has 0 fully saturated rings. The molecule has 5 heteroatoms. The molecule has 1 heterocycles. The zero-order valence-electron chi connectivity index (χ0n) is 12.6. The Balaban J connectivity index is 2.25. The SMILES string of the molecule is Cc1cnc(C(=O)N(Cc2ccccc2N)C(C)C)cn1. The summed E-state index contributed by atoms with van der Waals surface area (Å²) in [7, 11) is 0. The molecule has 110 valence electrons. The topological polar surface area (TPSA) is 72.1 Å². The third kappa shape index (κ3) is 3.56. The van der Waals surface area contributed by atoms with Crippen LogP contribution in [0.2, 0.25) is 0 Å². The highest BCUT2D eigenvalue weighted by Gasteiger charge is 2.21. The summed E-state index contributed by atoms with van der Waals surface area (Å²) in [6, 6.07) is 7.61. The molecule has 2 aromatic rings. The number of hydrogen-bond donors (Lipinski definition) is 1. The largest absolute Gasteiger partial charge is 0.398 e. The smallest absolute Gasteiger partial charge is 0.274 e. The second kappa shape index (κ2) is 6.35. The van der Waals surface area contributed by atoms with Crippen LogP contribution in [0, 0.1) is 6.92 Å². The van der Waals surface area contributed by atoms with Gasteiger partial charge in [0.2, 0.25) is 0 Å². The minimum atomic E-state index is -0.138. The van der Waals surface area contributed by atoms with E-state index in [0.717, 1.165) is 11.3 Å². The Bertz CT molecular complexity index is 622. The van der Waals surface area contributed by atoms with Crippen LogP contribution in [0.5, 0.6) is 0 Å². The molecule has 5 nitrogen and oxygen atoms in total. The van der Waals surface area contributed by atoms with Crippen LogP contribution in [0.1, 0.15) is 35.6 Å². The predicted molar refractivity (Wildman–Crippen MR) is 82.6 cm³/mol. The number of para-hydroxylation sites is 1. The van der Waals surface area contributed by atoms with Gasteiger partial charge in [-0.1, -0.05) is 18.2 Å². The van der Waals surface area contributed by atoms with Crippen LogP contribution in [0.15, 0.2) is 36.7 Å². The Morgan fingerprint density at radius 1 is 1.24 bits per heavy atom. The molecule has 0 spiro atoms. The third-order valence-corrected chi connectivity index (χ3v) is 3.28. The number of aromatic nitrogens is 2. The van der Waals surface area contributed by atoms with E-state index in [-0.39, 0.29) is 11.9 Å². The Kier molecular flexibility index (Phi) is 4.52. The van der Waals surface area contributed by atoms with Crippen molar-refractivity contribution in [3.05, 3.63) is 53.6 Å². The maximum Gasteiger partial charge on any atom is 0.274 e. The summed E-state index contributed by atoms with van der Waals surface area (Å²) in [6.45, 7) is 6.24. The summed E-state index contributed by atoms with van der Waals surface area (Å²) in [5, 5.41) is 0. The lowest BCUT2D eigenvalue weighted by molar-refractivity contribution is 0.0684. The van der Waals surface area contributed by atoms with E-state index in [1.165, 1.54) is 6.20 Å². The molecule has 2 rings (SSSR count). The molecule has 0 radical (unpaired) electrons. The van der Waals surface area contributed by atoms with Crippen LogP contribution in [0.3, 0.4) is 0 Å². The zero-order valence-corrected chi connectivity index (χ0v) is 12.6. The van der Waals surface area contributed by atoms with Gasteiger partial charge in [-0.25, -0.2) is 4.98 Å². The van der Waals surface area contributed by atoms with Gasteiger partial charge in [0.15, 0.2) is 0 Å². The molecule has 1 aromatic heterocycles. The highest BCUT2D eigenvalue weighted by atomic mass is 16.2. The quantitative estimate of drug-likeness (QED) is 0.875. The maximum absolute atomic E-state index is 12.6. The van der Waals surface area contributed by atoms with Gasteiger partial charge in [-0.2, -0.15) is 0 Å². The van der Waals surface area contributed by atoms with Gasteiger partial charge in [0.05, 0.1) is 11.9 Å². The number of benzene rings is 1. The van der Waals surface area contributed by atoms with Crippen LogP contribution < -0.4 is 5.73 Å². The van der Waals surface area contributed by atoms with Gasteiger partial charge < -0.3 is 10.6 Å². The molecule has 2 N–H and O–H groups in total. The lowest BCUT2D eigenvalue weighted by atomic mass is 10.1. The molecule has 0 atom stereocenters. The molecular formula is C16H20N4O. The van der Waals surface area contributed by atoms with Gasteiger partial charge in [0, 0.05) is 24.5 Å². The van der Waals surface area contributed by atoms with Crippen molar-refractivity contribution in [1.29, 1.82) is 0 Å². The lowest BCUT2D eigenvalue weighted by Crippen LogP contribution is -2.37. The van der Waals surface area contributed by atoms with Crippen molar-refractivity contribution >= 4 is 11.6 Å². The monoisotopic (exact) mass is 284 g/mol. The predicted octanol–water partition coefficient (Wildman–Crippen LogP) is 2.42. The van der Waals surface area contributed by atoms with Crippen molar-refractivity contribution in [2.75, 3.05) is 5.73 Å². The average Bonchev–Trinajstić information content (AvgIpc) is 2.46. The Labute approximate surface area is 124 Å². The number of nitrogen functional groups attached to an aromatic ring is 1. The summed E-state index contributed by atoms with van der Waals surface area (Å²) in [5.74, 6) is -0.138. The van der Waals surface area contributed by atoms with Gasteiger partial charge in [-0.3, -0.25) is 9.78 Å². The van der Waals surface area contributed by atoms with E-state index in [4.69, 9.17) is 5.73 Å². The first-order chi connectivity index (χ1) is 9.99. The fraction of sp³-hybridized carbons (Fsp3) is 0.312. The standard InChI is InChI=1S/C16H20N4O/c1-11(2)20(10-13-6-4-5-7-14(13)17)16(21)15-9-18-12(3)8-19-15/h4-9,11H,10,17H2,1-3H3. The molecular weight excluding hydrogens is 264 g/mol. The number of nitrogens with zero attached hydrogens (tertiary/aromatic N) is 3.